The smallest absolute Gasteiger partial charge is 0.313 e. The standard InChI is InChI=1S/C17H26N2O3/c1-4-7-14(20)11-18-16(21)17(22)19-15-10-12(5-2)8-9-13(15)6-3/h8-10,14,20H,4-7,11H2,1-3H3,(H,18,21)(H,19,22). The zero-order chi connectivity index (χ0) is 16.5. The van der Waals surface area contributed by atoms with Gasteiger partial charge in [0.1, 0.15) is 0 Å². The molecule has 22 heavy (non-hydrogen) atoms. The van der Waals surface area contributed by atoms with Crippen molar-refractivity contribution in [1.29, 1.82) is 0 Å². The molecule has 0 aliphatic rings. The third-order valence-electron chi connectivity index (χ3n) is 3.54. The number of amides is 2. The molecule has 0 aromatic heterocycles. The van der Waals surface area contributed by atoms with Crippen LogP contribution in [-0.4, -0.2) is 29.6 Å². The Hall–Kier alpha value is -1.88. The lowest BCUT2D eigenvalue weighted by Crippen LogP contribution is -2.39. The van der Waals surface area contributed by atoms with Crippen molar-refractivity contribution >= 4 is 17.5 Å². The van der Waals surface area contributed by atoms with E-state index in [1.54, 1.807) is 0 Å². The second-order valence-electron chi connectivity index (χ2n) is 5.31. The number of carbonyl (C=O) groups excluding carboxylic acids is 2. The highest BCUT2D eigenvalue weighted by Gasteiger charge is 2.16. The number of carbonyl (C=O) groups is 2. The Morgan fingerprint density at radius 3 is 2.45 bits per heavy atom. The van der Waals surface area contributed by atoms with Crippen LogP contribution in [0.1, 0.15) is 44.7 Å². The fraction of sp³-hybridized carbons (Fsp3) is 0.529. The molecule has 0 aliphatic heterocycles. The van der Waals surface area contributed by atoms with Gasteiger partial charge in [-0.1, -0.05) is 39.3 Å². The van der Waals surface area contributed by atoms with Crippen LogP contribution in [-0.2, 0) is 22.4 Å². The van der Waals surface area contributed by atoms with Gasteiger partial charge in [0.15, 0.2) is 0 Å². The molecule has 3 N–H and O–H groups in total. The lowest BCUT2D eigenvalue weighted by molar-refractivity contribution is -0.136. The Morgan fingerprint density at radius 2 is 1.86 bits per heavy atom. The first-order valence-corrected chi connectivity index (χ1v) is 7.90. The summed E-state index contributed by atoms with van der Waals surface area (Å²) in [6.45, 7) is 6.08. The zero-order valence-electron chi connectivity index (χ0n) is 13.6. The molecule has 2 amide bonds. The van der Waals surface area contributed by atoms with Gasteiger partial charge in [-0.05, 0) is 36.5 Å². The molecule has 0 spiro atoms. The minimum atomic E-state index is -0.723. The summed E-state index contributed by atoms with van der Waals surface area (Å²) in [5, 5.41) is 14.7. The van der Waals surface area contributed by atoms with E-state index in [2.05, 4.69) is 10.6 Å². The molecular formula is C17H26N2O3. The summed E-state index contributed by atoms with van der Waals surface area (Å²) >= 11 is 0. The van der Waals surface area contributed by atoms with Crippen LogP contribution in [0.25, 0.3) is 0 Å². The third-order valence-corrected chi connectivity index (χ3v) is 3.54. The minimum absolute atomic E-state index is 0.0930. The molecule has 5 heteroatoms. The monoisotopic (exact) mass is 306 g/mol. The maximum Gasteiger partial charge on any atom is 0.313 e. The molecule has 122 valence electrons. The van der Waals surface area contributed by atoms with Gasteiger partial charge >= 0.3 is 11.8 Å². The van der Waals surface area contributed by atoms with Crippen LogP contribution in [0, 0.1) is 0 Å². The summed E-state index contributed by atoms with van der Waals surface area (Å²) in [5.74, 6) is -1.43. The van der Waals surface area contributed by atoms with E-state index >= 15 is 0 Å². The maximum absolute atomic E-state index is 11.9. The number of benzene rings is 1. The van der Waals surface area contributed by atoms with E-state index in [9.17, 15) is 14.7 Å². The van der Waals surface area contributed by atoms with E-state index in [0.29, 0.717) is 12.1 Å². The van der Waals surface area contributed by atoms with Crippen molar-refractivity contribution < 1.29 is 14.7 Å². The number of aryl methyl sites for hydroxylation is 2. The summed E-state index contributed by atoms with van der Waals surface area (Å²) in [6, 6.07) is 5.89. The Labute approximate surface area is 132 Å². The number of rotatable bonds is 7. The first-order chi connectivity index (χ1) is 10.5. The lowest BCUT2D eigenvalue weighted by Gasteiger charge is -2.13. The van der Waals surface area contributed by atoms with Crippen molar-refractivity contribution in [3.8, 4) is 0 Å². The van der Waals surface area contributed by atoms with E-state index in [1.165, 1.54) is 0 Å². The number of aliphatic hydroxyl groups excluding tert-OH is 1. The van der Waals surface area contributed by atoms with E-state index < -0.39 is 17.9 Å². The average molecular weight is 306 g/mol. The zero-order valence-corrected chi connectivity index (χ0v) is 13.6. The molecule has 0 saturated carbocycles. The summed E-state index contributed by atoms with van der Waals surface area (Å²) in [6.07, 6.45) is 2.45. The highest BCUT2D eigenvalue weighted by molar-refractivity contribution is 6.39. The Bertz CT molecular complexity index is 515. The Kier molecular flexibility index (Phi) is 7.60. The van der Waals surface area contributed by atoms with Crippen molar-refractivity contribution in [2.24, 2.45) is 0 Å². The van der Waals surface area contributed by atoms with Crippen LogP contribution < -0.4 is 10.6 Å². The fourth-order valence-corrected chi connectivity index (χ4v) is 2.17. The van der Waals surface area contributed by atoms with Crippen LogP contribution >= 0.6 is 0 Å². The molecule has 5 nitrogen and oxygen atoms in total. The van der Waals surface area contributed by atoms with Crippen molar-refractivity contribution in [3.63, 3.8) is 0 Å². The third kappa shape index (κ3) is 5.48. The molecule has 0 radical (unpaired) electrons. The summed E-state index contributed by atoms with van der Waals surface area (Å²) in [5.41, 5.74) is 2.77. The van der Waals surface area contributed by atoms with Crippen molar-refractivity contribution in [2.75, 3.05) is 11.9 Å². The molecule has 1 rings (SSSR count). The molecule has 0 heterocycles. The number of aliphatic hydroxyl groups is 1. The van der Waals surface area contributed by atoms with Gasteiger partial charge in [0.05, 0.1) is 6.10 Å². The predicted octanol–water partition coefficient (Wildman–Crippen LogP) is 2.03. The van der Waals surface area contributed by atoms with Crippen LogP contribution in [0.4, 0.5) is 5.69 Å². The second kappa shape index (κ2) is 9.20. The van der Waals surface area contributed by atoms with Gasteiger partial charge in [0, 0.05) is 12.2 Å². The average Bonchev–Trinajstić information content (AvgIpc) is 2.52. The molecule has 0 fully saturated rings. The van der Waals surface area contributed by atoms with Gasteiger partial charge < -0.3 is 15.7 Å². The molecular weight excluding hydrogens is 280 g/mol. The van der Waals surface area contributed by atoms with Gasteiger partial charge in [-0.3, -0.25) is 9.59 Å². The van der Waals surface area contributed by atoms with E-state index in [0.717, 1.165) is 30.4 Å². The first-order valence-electron chi connectivity index (χ1n) is 7.90. The molecule has 1 aromatic carbocycles. The van der Waals surface area contributed by atoms with E-state index in [4.69, 9.17) is 0 Å². The Balaban J connectivity index is 2.65. The normalized spacial score (nSPS) is 11.8. The second-order valence-corrected chi connectivity index (χ2v) is 5.31. The lowest BCUT2D eigenvalue weighted by atomic mass is 10.1. The maximum atomic E-state index is 11.9. The fourth-order valence-electron chi connectivity index (χ4n) is 2.17. The topological polar surface area (TPSA) is 78.4 Å². The summed E-state index contributed by atoms with van der Waals surface area (Å²) < 4.78 is 0. The van der Waals surface area contributed by atoms with Gasteiger partial charge in [0.2, 0.25) is 0 Å². The van der Waals surface area contributed by atoms with Gasteiger partial charge in [-0.2, -0.15) is 0 Å². The van der Waals surface area contributed by atoms with Crippen LogP contribution in [0.15, 0.2) is 18.2 Å². The molecule has 0 aliphatic carbocycles. The van der Waals surface area contributed by atoms with Gasteiger partial charge in [0.25, 0.3) is 0 Å². The number of hydrogen-bond donors (Lipinski definition) is 3. The molecule has 0 bridgehead atoms. The number of nitrogens with one attached hydrogen (secondary N) is 2. The Morgan fingerprint density at radius 1 is 1.14 bits per heavy atom. The molecule has 1 aromatic rings. The minimum Gasteiger partial charge on any atom is -0.391 e. The SMILES string of the molecule is CCCC(O)CNC(=O)C(=O)Nc1cc(CC)ccc1CC. The largest absolute Gasteiger partial charge is 0.391 e. The molecule has 1 atom stereocenters. The number of hydrogen-bond acceptors (Lipinski definition) is 3. The van der Waals surface area contributed by atoms with Gasteiger partial charge in [-0.15, -0.1) is 0 Å². The van der Waals surface area contributed by atoms with Crippen molar-refractivity contribution in [2.45, 2.75) is 52.6 Å². The number of anilines is 1. The molecule has 0 saturated heterocycles. The molecule has 1 unspecified atom stereocenters. The predicted molar refractivity (Wildman–Crippen MR) is 87.8 cm³/mol. The van der Waals surface area contributed by atoms with Crippen LogP contribution in [0.2, 0.25) is 0 Å². The van der Waals surface area contributed by atoms with E-state index in [1.807, 2.05) is 39.0 Å². The van der Waals surface area contributed by atoms with Crippen LogP contribution in [0.5, 0.6) is 0 Å². The quantitative estimate of drug-likeness (QED) is 0.674. The highest BCUT2D eigenvalue weighted by Crippen LogP contribution is 2.19. The highest BCUT2D eigenvalue weighted by atomic mass is 16.3. The summed E-state index contributed by atoms with van der Waals surface area (Å²) in [7, 11) is 0. The van der Waals surface area contributed by atoms with Crippen LogP contribution in [0.3, 0.4) is 0 Å². The summed E-state index contributed by atoms with van der Waals surface area (Å²) in [4.78, 5) is 23.7. The van der Waals surface area contributed by atoms with Crippen molar-refractivity contribution in [3.05, 3.63) is 29.3 Å². The first kappa shape index (κ1) is 18.2. The van der Waals surface area contributed by atoms with E-state index in [-0.39, 0.29) is 6.54 Å². The van der Waals surface area contributed by atoms with Crippen molar-refractivity contribution in [1.82, 2.24) is 5.32 Å². The van der Waals surface area contributed by atoms with Gasteiger partial charge in [-0.25, -0.2) is 0 Å².